The summed E-state index contributed by atoms with van der Waals surface area (Å²) in [5, 5.41) is 12.4. The van der Waals surface area contributed by atoms with Crippen molar-refractivity contribution in [3.05, 3.63) is 41.9 Å². The minimum Gasteiger partial charge on any atom is -0.423 e. The van der Waals surface area contributed by atoms with Crippen LogP contribution < -0.4 is 5.32 Å². The standard InChI is InChI=1S/C14H17N5O/c1-3-12-17-18-13(20-12)9-19-8-10(7-15-2)11-5-4-6-16-14(11)19/h4-6,8,15H,3,7,9H2,1-2H3. The number of fused-ring (bicyclic) bond motifs is 1. The number of aryl methyl sites for hydroxylation is 1. The fourth-order valence-corrected chi connectivity index (χ4v) is 2.29. The predicted octanol–water partition coefficient (Wildman–Crippen LogP) is 1.75. The van der Waals surface area contributed by atoms with Gasteiger partial charge in [-0.3, -0.25) is 0 Å². The zero-order valence-corrected chi connectivity index (χ0v) is 11.6. The van der Waals surface area contributed by atoms with E-state index in [4.69, 9.17) is 4.42 Å². The normalized spacial score (nSPS) is 11.3. The van der Waals surface area contributed by atoms with E-state index in [0.717, 1.165) is 24.0 Å². The Morgan fingerprint density at radius 2 is 2.15 bits per heavy atom. The third-order valence-electron chi connectivity index (χ3n) is 3.20. The quantitative estimate of drug-likeness (QED) is 0.765. The van der Waals surface area contributed by atoms with Gasteiger partial charge in [-0.1, -0.05) is 6.92 Å². The third-order valence-corrected chi connectivity index (χ3v) is 3.20. The summed E-state index contributed by atoms with van der Waals surface area (Å²) in [6.45, 7) is 3.35. The van der Waals surface area contributed by atoms with Crippen molar-refractivity contribution >= 4 is 11.0 Å². The van der Waals surface area contributed by atoms with Gasteiger partial charge in [0.2, 0.25) is 11.8 Å². The van der Waals surface area contributed by atoms with Gasteiger partial charge in [0.1, 0.15) is 12.2 Å². The number of nitrogens with one attached hydrogen (secondary N) is 1. The van der Waals surface area contributed by atoms with Crippen LogP contribution in [0.15, 0.2) is 28.9 Å². The van der Waals surface area contributed by atoms with E-state index in [0.29, 0.717) is 18.3 Å². The highest BCUT2D eigenvalue weighted by Gasteiger charge is 2.11. The Morgan fingerprint density at radius 3 is 2.90 bits per heavy atom. The van der Waals surface area contributed by atoms with E-state index in [1.807, 2.05) is 20.0 Å². The van der Waals surface area contributed by atoms with Crippen molar-refractivity contribution in [3.63, 3.8) is 0 Å². The van der Waals surface area contributed by atoms with Gasteiger partial charge >= 0.3 is 0 Å². The molecular formula is C14H17N5O. The molecular weight excluding hydrogens is 254 g/mol. The second-order valence-corrected chi connectivity index (χ2v) is 4.63. The van der Waals surface area contributed by atoms with Crippen LogP contribution in [0.3, 0.4) is 0 Å². The lowest BCUT2D eigenvalue weighted by molar-refractivity contribution is 0.444. The van der Waals surface area contributed by atoms with Crippen LogP contribution in [-0.4, -0.2) is 26.8 Å². The Labute approximate surface area is 116 Å². The van der Waals surface area contributed by atoms with Gasteiger partial charge in [-0.05, 0) is 24.7 Å². The number of hydrogen-bond acceptors (Lipinski definition) is 5. The molecule has 0 unspecified atom stereocenters. The summed E-state index contributed by atoms with van der Waals surface area (Å²) in [6.07, 6.45) is 4.64. The summed E-state index contributed by atoms with van der Waals surface area (Å²) in [4.78, 5) is 4.45. The van der Waals surface area contributed by atoms with E-state index in [-0.39, 0.29) is 0 Å². The minimum absolute atomic E-state index is 0.546. The first-order valence-corrected chi connectivity index (χ1v) is 6.70. The van der Waals surface area contributed by atoms with Crippen molar-refractivity contribution in [2.24, 2.45) is 0 Å². The van der Waals surface area contributed by atoms with Crippen LogP contribution in [0, 0.1) is 0 Å². The summed E-state index contributed by atoms with van der Waals surface area (Å²) >= 11 is 0. The highest BCUT2D eigenvalue weighted by molar-refractivity contribution is 5.80. The van der Waals surface area contributed by atoms with Crippen LogP contribution in [0.2, 0.25) is 0 Å². The first kappa shape index (κ1) is 12.8. The largest absolute Gasteiger partial charge is 0.423 e. The Bertz CT molecular complexity index is 715. The number of nitrogens with zero attached hydrogens (tertiary/aromatic N) is 4. The molecule has 0 spiro atoms. The molecule has 0 saturated carbocycles. The van der Waals surface area contributed by atoms with Crippen LogP contribution in [0.25, 0.3) is 11.0 Å². The molecule has 0 radical (unpaired) electrons. The summed E-state index contributed by atoms with van der Waals surface area (Å²) in [7, 11) is 1.94. The average molecular weight is 271 g/mol. The van der Waals surface area contributed by atoms with Crippen molar-refractivity contribution in [1.82, 2.24) is 25.1 Å². The predicted molar refractivity (Wildman–Crippen MR) is 75.3 cm³/mol. The molecule has 20 heavy (non-hydrogen) atoms. The van der Waals surface area contributed by atoms with E-state index in [2.05, 4.69) is 37.3 Å². The topological polar surface area (TPSA) is 68.8 Å². The summed E-state index contributed by atoms with van der Waals surface area (Å²) in [5.74, 6) is 1.28. The van der Waals surface area contributed by atoms with Crippen LogP contribution in [0.5, 0.6) is 0 Å². The summed E-state index contributed by atoms with van der Waals surface area (Å²) in [5.41, 5.74) is 2.15. The number of rotatable bonds is 5. The number of pyridine rings is 1. The van der Waals surface area contributed by atoms with Crippen molar-refractivity contribution in [3.8, 4) is 0 Å². The molecule has 0 aromatic carbocycles. The van der Waals surface area contributed by atoms with E-state index in [1.165, 1.54) is 5.56 Å². The first-order chi connectivity index (χ1) is 9.81. The molecule has 0 atom stereocenters. The maximum Gasteiger partial charge on any atom is 0.236 e. The van der Waals surface area contributed by atoms with Gasteiger partial charge < -0.3 is 14.3 Å². The lowest BCUT2D eigenvalue weighted by Gasteiger charge is -1.99. The van der Waals surface area contributed by atoms with Crippen LogP contribution in [0.1, 0.15) is 24.3 Å². The highest BCUT2D eigenvalue weighted by atomic mass is 16.4. The molecule has 0 aliphatic heterocycles. The zero-order chi connectivity index (χ0) is 13.9. The molecule has 0 bridgehead atoms. The Balaban J connectivity index is 1.98. The highest BCUT2D eigenvalue weighted by Crippen LogP contribution is 2.20. The molecule has 104 valence electrons. The van der Waals surface area contributed by atoms with Crippen LogP contribution in [-0.2, 0) is 19.5 Å². The fourth-order valence-electron chi connectivity index (χ4n) is 2.29. The van der Waals surface area contributed by atoms with Crippen LogP contribution >= 0.6 is 0 Å². The van der Waals surface area contributed by atoms with Gasteiger partial charge in [0, 0.05) is 30.7 Å². The van der Waals surface area contributed by atoms with Gasteiger partial charge in [-0.2, -0.15) is 0 Å². The van der Waals surface area contributed by atoms with Gasteiger partial charge in [0.05, 0.1) is 0 Å². The fraction of sp³-hybridized carbons (Fsp3) is 0.357. The van der Waals surface area contributed by atoms with Gasteiger partial charge in [0.25, 0.3) is 0 Å². The minimum atomic E-state index is 0.546. The van der Waals surface area contributed by atoms with Gasteiger partial charge in [0.15, 0.2) is 0 Å². The monoisotopic (exact) mass is 271 g/mol. The first-order valence-electron chi connectivity index (χ1n) is 6.70. The van der Waals surface area contributed by atoms with E-state index >= 15 is 0 Å². The lowest BCUT2D eigenvalue weighted by atomic mass is 10.2. The maximum absolute atomic E-state index is 5.57. The Hall–Kier alpha value is -2.21. The number of hydrogen-bond donors (Lipinski definition) is 1. The van der Waals surface area contributed by atoms with E-state index in [1.54, 1.807) is 6.20 Å². The molecule has 3 heterocycles. The molecule has 3 aromatic heterocycles. The molecule has 0 aliphatic carbocycles. The Kier molecular flexibility index (Phi) is 3.47. The smallest absolute Gasteiger partial charge is 0.236 e. The SMILES string of the molecule is CCc1nnc(Cn2cc(CNC)c3cccnc32)o1. The summed E-state index contributed by atoms with van der Waals surface area (Å²) in [6, 6.07) is 4.03. The Morgan fingerprint density at radius 1 is 1.30 bits per heavy atom. The average Bonchev–Trinajstić information content (AvgIpc) is 3.06. The molecule has 3 aromatic rings. The van der Waals surface area contributed by atoms with Crippen LogP contribution in [0.4, 0.5) is 0 Å². The molecule has 6 nitrogen and oxygen atoms in total. The summed E-state index contributed by atoms with van der Waals surface area (Å²) < 4.78 is 7.62. The number of aromatic nitrogens is 4. The molecule has 0 fully saturated rings. The van der Waals surface area contributed by atoms with Gasteiger partial charge in [-0.15, -0.1) is 10.2 Å². The zero-order valence-electron chi connectivity index (χ0n) is 11.6. The maximum atomic E-state index is 5.57. The molecule has 3 rings (SSSR count). The second kappa shape index (κ2) is 5.42. The van der Waals surface area contributed by atoms with Crippen molar-refractivity contribution in [2.45, 2.75) is 26.4 Å². The van der Waals surface area contributed by atoms with Crippen molar-refractivity contribution in [2.75, 3.05) is 7.05 Å². The second-order valence-electron chi connectivity index (χ2n) is 4.63. The molecule has 1 N–H and O–H groups in total. The molecule has 0 amide bonds. The lowest BCUT2D eigenvalue weighted by Crippen LogP contribution is -2.04. The van der Waals surface area contributed by atoms with E-state index < -0.39 is 0 Å². The molecule has 0 saturated heterocycles. The van der Waals surface area contributed by atoms with E-state index in [9.17, 15) is 0 Å². The van der Waals surface area contributed by atoms with Crippen molar-refractivity contribution < 1.29 is 4.42 Å². The van der Waals surface area contributed by atoms with Gasteiger partial charge in [-0.25, -0.2) is 4.98 Å². The third kappa shape index (κ3) is 2.30. The van der Waals surface area contributed by atoms with Crippen molar-refractivity contribution in [1.29, 1.82) is 0 Å². The molecule has 0 aliphatic rings. The molecule has 6 heteroatoms.